The van der Waals surface area contributed by atoms with E-state index in [1.807, 2.05) is 0 Å². The first-order valence-electron chi connectivity index (χ1n) is 3.79. The summed E-state index contributed by atoms with van der Waals surface area (Å²) < 4.78 is 4.88. The molecule has 0 saturated carbocycles. The summed E-state index contributed by atoms with van der Waals surface area (Å²) in [5, 5.41) is 10.2. The number of aromatic nitrogens is 2. The van der Waals surface area contributed by atoms with E-state index in [4.69, 9.17) is 4.42 Å². The van der Waals surface area contributed by atoms with E-state index in [0.717, 1.165) is 13.0 Å². The third kappa shape index (κ3) is 3.02. The predicted octanol–water partition coefficient (Wildman–Crippen LogP) is 1.53. The molecule has 0 spiro atoms. The second-order valence-electron chi connectivity index (χ2n) is 2.85. The summed E-state index contributed by atoms with van der Waals surface area (Å²) in [4.78, 5) is 0. The van der Waals surface area contributed by atoms with Crippen LogP contribution in [-0.2, 0) is 0 Å². The summed E-state index contributed by atoms with van der Waals surface area (Å²) in [6, 6.07) is 0.505. The summed E-state index contributed by atoms with van der Waals surface area (Å²) in [6.45, 7) is 5.24. The summed E-state index contributed by atoms with van der Waals surface area (Å²) in [6.07, 6.45) is 2.43. The first kappa shape index (κ1) is 8.04. The number of anilines is 1. The van der Waals surface area contributed by atoms with Gasteiger partial charge in [0.2, 0.25) is 6.39 Å². The quantitative estimate of drug-likeness (QED) is 0.716. The highest BCUT2D eigenvalue weighted by atomic mass is 16.4. The van der Waals surface area contributed by atoms with E-state index in [9.17, 15) is 0 Å². The molecule has 0 atom stereocenters. The Morgan fingerprint density at radius 1 is 1.64 bits per heavy atom. The SMILES string of the molecule is CC(C)CCNc1nnco1. The van der Waals surface area contributed by atoms with Gasteiger partial charge < -0.3 is 9.73 Å². The number of hydrogen-bond acceptors (Lipinski definition) is 4. The van der Waals surface area contributed by atoms with Gasteiger partial charge >= 0.3 is 6.01 Å². The first-order chi connectivity index (χ1) is 5.29. The van der Waals surface area contributed by atoms with E-state index >= 15 is 0 Å². The van der Waals surface area contributed by atoms with Gasteiger partial charge in [-0.3, -0.25) is 0 Å². The van der Waals surface area contributed by atoms with Crippen molar-refractivity contribution in [2.45, 2.75) is 20.3 Å². The Balaban J connectivity index is 2.14. The molecule has 1 rings (SSSR count). The minimum Gasteiger partial charge on any atom is -0.411 e. The fourth-order valence-corrected chi connectivity index (χ4v) is 0.718. The lowest BCUT2D eigenvalue weighted by Gasteiger charge is -2.02. The molecule has 0 aromatic carbocycles. The lowest BCUT2D eigenvalue weighted by Crippen LogP contribution is -2.04. The second-order valence-corrected chi connectivity index (χ2v) is 2.85. The van der Waals surface area contributed by atoms with Crippen molar-refractivity contribution < 1.29 is 4.42 Å². The molecule has 1 N–H and O–H groups in total. The Bertz CT molecular complexity index is 184. The molecule has 0 aliphatic carbocycles. The molecule has 0 fully saturated rings. The average molecular weight is 155 g/mol. The van der Waals surface area contributed by atoms with Crippen molar-refractivity contribution in [1.82, 2.24) is 10.2 Å². The first-order valence-corrected chi connectivity index (χ1v) is 3.79. The zero-order valence-corrected chi connectivity index (χ0v) is 6.87. The zero-order valence-electron chi connectivity index (χ0n) is 6.87. The highest BCUT2D eigenvalue weighted by molar-refractivity contribution is 5.14. The van der Waals surface area contributed by atoms with Gasteiger partial charge in [-0.2, -0.15) is 0 Å². The average Bonchev–Trinajstić information content (AvgIpc) is 2.39. The highest BCUT2D eigenvalue weighted by Crippen LogP contribution is 2.02. The highest BCUT2D eigenvalue weighted by Gasteiger charge is 1.97. The monoisotopic (exact) mass is 155 g/mol. The molecule has 11 heavy (non-hydrogen) atoms. The summed E-state index contributed by atoms with van der Waals surface area (Å²) in [5.41, 5.74) is 0. The van der Waals surface area contributed by atoms with Crippen molar-refractivity contribution in [1.29, 1.82) is 0 Å². The number of nitrogens with zero attached hydrogens (tertiary/aromatic N) is 2. The van der Waals surface area contributed by atoms with Crippen LogP contribution < -0.4 is 5.32 Å². The van der Waals surface area contributed by atoms with E-state index < -0.39 is 0 Å². The van der Waals surface area contributed by atoms with Crippen molar-refractivity contribution in [2.75, 3.05) is 11.9 Å². The smallest absolute Gasteiger partial charge is 0.315 e. The van der Waals surface area contributed by atoms with Crippen LogP contribution in [0.15, 0.2) is 10.8 Å². The van der Waals surface area contributed by atoms with E-state index in [0.29, 0.717) is 11.9 Å². The Kier molecular flexibility index (Phi) is 2.89. The van der Waals surface area contributed by atoms with Gasteiger partial charge in [0.05, 0.1) is 0 Å². The molecule has 62 valence electrons. The van der Waals surface area contributed by atoms with Crippen LogP contribution in [0, 0.1) is 5.92 Å². The summed E-state index contributed by atoms with van der Waals surface area (Å²) >= 11 is 0. The topological polar surface area (TPSA) is 51.0 Å². The van der Waals surface area contributed by atoms with Crippen molar-refractivity contribution in [3.05, 3.63) is 6.39 Å². The van der Waals surface area contributed by atoms with Gasteiger partial charge in [-0.05, 0) is 12.3 Å². The van der Waals surface area contributed by atoms with E-state index in [2.05, 4.69) is 29.4 Å². The maximum absolute atomic E-state index is 4.88. The van der Waals surface area contributed by atoms with Crippen LogP contribution in [0.1, 0.15) is 20.3 Å². The largest absolute Gasteiger partial charge is 0.411 e. The number of rotatable bonds is 4. The Morgan fingerprint density at radius 3 is 3.00 bits per heavy atom. The molecule has 1 aromatic rings. The van der Waals surface area contributed by atoms with Crippen LogP contribution in [0.3, 0.4) is 0 Å². The van der Waals surface area contributed by atoms with Crippen molar-refractivity contribution >= 4 is 6.01 Å². The summed E-state index contributed by atoms with van der Waals surface area (Å²) in [5.74, 6) is 0.699. The number of nitrogens with one attached hydrogen (secondary N) is 1. The standard InChI is InChI=1S/C7H13N3O/c1-6(2)3-4-8-7-10-9-5-11-7/h5-6H,3-4H2,1-2H3,(H,8,10). The predicted molar refractivity (Wildman–Crippen MR) is 42.2 cm³/mol. The molecule has 1 aromatic heterocycles. The lowest BCUT2D eigenvalue weighted by molar-refractivity contribution is 0.552. The summed E-state index contributed by atoms with van der Waals surface area (Å²) in [7, 11) is 0. The molecule has 4 heteroatoms. The third-order valence-corrected chi connectivity index (χ3v) is 1.36. The molecular weight excluding hydrogens is 142 g/mol. The van der Waals surface area contributed by atoms with E-state index in [1.54, 1.807) is 0 Å². The molecule has 0 aliphatic heterocycles. The van der Waals surface area contributed by atoms with Crippen LogP contribution in [-0.4, -0.2) is 16.7 Å². The molecule has 0 amide bonds. The molecule has 0 radical (unpaired) electrons. The molecule has 0 aliphatic rings. The van der Waals surface area contributed by atoms with Crippen molar-refractivity contribution in [3.63, 3.8) is 0 Å². The second kappa shape index (κ2) is 3.95. The fraction of sp³-hybridized carbons (Fsp3) is 0.714. The Labute approximate surface area is 66.0 Å². The van der Waals surface area contributed by atoms with Gasteiger partial charge in [0.25, 0.3) is 0 Å². The lowest BCUT2D eigenvalue weighted by atomic mass is 10.1. The van der Waals surface area contributed by atoms with Gasteiger partial charge in [-0.25, -0.2) is 0 Å². The molecular formula is C7H13N3O. The van der Waals surface area contributed by atoms with Crippen molar-refractivity contribution in [2.24, 2.45) is 5.92 Å². The maximum atomic E-state index is 4.88. The normalized spacial score (nSPS) is 10.5. The minimum absolute atomic E-state index is 0.505. The fourth-order valence-electron chi connectivity index (χ4n) is 0.718. The Morgan fingerprint density at radius 2 is 2.45 bits per heavy atom. The Hall–Kier alpha value is -1.06. The molecule has 0 saturated heterocycles. The minimum atomic E-state index is 0.505. The van der Waals surface area contributed by atoms with Crippen LogP contribution in [0.25, 0.3) is 0 Å². The molecule has 4 nitrogen and oxygen atoms in total. The van der Waals surface area contributed by atoms with Gasteiger partial charge in [0, 0.05) is 6.54 Å². The van der Waals surface area contributed by atoms with Crippen LogP contribution in [0.2, 0.25) is 0 Å². The van der Waals surface area contributed by atoms with Crippen molar-refractivity contribution in [3.8, 4) is 0 Å². The molecule has 0 bridgehead atoms. The third-order valence-electron chi connectivity index (χ3n) is 1.36. The van der Waals surface area contributed by atoms with Crippen LogP contribution in [0.5, 0.6) is 0 Å². The van der Waals surface area contributed by atoms with Crippen LogP contribution in [0.4, 0.5) is 6.01 Å². The van der Waals surface area contributed by atoms with Gasteiger partial charge in [-0.15, -0.1) is 5.10 Å². The van der Waals surface area contributed by atoms with E-state index in [-0.39, 0.29) is 0 Å². The molecule has 0 unspecified atom stereocenters. The van der Waals surface area contributed by atoms with Gasteiger partial charge in [0.15, 0.2) is 0 Å². The van der Waals surface area contributed by atoms with Crippen LogP contribution >= 0.6 is 0 Å². The van der Waals surface area contributed by atoms with Gasteiger partial charge in [-0.1, -0.05) is 18.9 Å². The van der Waals surface area contributed by atoms with E-state index in [1.165, 1.54) is 6.39 Å². The maximum Gasteiger partial charge on any atom is 0.315 e. The van der Waals surface area contributed by atoms with Gasteiger partial charge in [0.1, 0.15) is 0 Å². The zero-order chi connectivity index (χ0) is 8.10. The number of hydrogen-bond donors (Lipinski definition) is 1. The molecule has 1 heterocycles.